The molecule has 0 aliphatic carbocycles. The summed E-state index contributed by atoms with van der Waals surface area (Å²) in [6.07, 6.45) is 2.68. The van der Waals surface area contributed by atoms with E-state index < -0.39 is 0 Å². The highest BCUT2D eigenvalue weighted by Gasteiger charge is 2.06. The second-order valence-electron chi connectivity index (χ2n) is 4.31. The summed E-state index contributed by atoms with van der Waals surface area (Å²) in [4.78, 5) is 2.54. The molecular formula is C12H27N3O. The standard InChI is InChI=1S/C8H18N2.C4H9NO/c1-2-3-6-10-7-4-9-5-8-10;1-3-6-4-2-5-1/h9H,2-8H2,1H3;5H,1-4H2. The third kappa shape index (κ3) is 7.17. The zero-order chi connectivity index (χ0) is 11.5. The maximum atomic E-state index is 5.01. The summed E-state index contributed by atoms with van der Waals surface area (Å²) < 4.78 is 5.01. The average Bonchev–Trinajstić information content (AvgIpc) is 2.40. The largest absolute Gasteiger partial charge is 0.379 e. The molecule has 0 unspecified atom stereocenters. The van der Waals surface area contributed by atoms with Gasteiger partial charge in [-0.25, -0.2) is 0 Å². The van der Waals surface area contributed by atoms with Crippen molar-refractivity contribution in [2.45, 2.75) is 19.8 Å². The molecule has 4 heteroatoms. The minimum atomic E-state index is 0.889. The Bertz CT molecular complexity index is 134. The molecule has 96 valence electrons. The Morgan fingerprint density at radius 1 is 1.00 bits per heavy atom. The second-order valence-corrected chi connectivity index (χ2v) is 4.31. The number of piperazine rings is 1. The van der Waals surface area contributed by atoms with Crippen LogP contribution in [0.5, 0.6) is 0 Å². The molecule has 16 heavy (non-hydrogen) atoms. The predicted molar refractivity (Wildman–Crippen MR) is 67.9 cm³/mol. The molecule has 0 bridgehead atoms. The lowest BCUT2D eigenvalue weighted by molar-refractivity contribution is 0.109. The maximum absolute atomic E-state index is 5.01. The quantitative estimate of drug-likeness (QED) is 0.730. The molecule has 2 fully saturated rings. The van der Waals surface area contributed by atoms with Gasteiger partial charge >= 0.3 is 0 Å². The molecule has 4 nitrogen and oxygen atoms in total. The van der Waals surface area contributed by atoms with Gasteiger partial charge in [0.05, 0.1) is 13.2 Å². The number of ether oxygens (including phenoxy) is 1. The summed E-state index contributed by atoms with van der Waals surface area (Å²) in [6.45, 7) is 12.3. The Hall–Kier alpha value is -0.160. The lowest BCUT2D eigenvalue weighted by Crippen LogP contribution is -2.43. The first-order valence-electron chi connectivity index (χ1n) is 6.65. The van der Waals surface area contributed by atoms with Gasteiger partial charge in [0.15, 0.2) is 0 Å². The van der Waals surface area contributed by atoms with E-state index in [-0.39, 0.29) is 0 Å². The maximum Gasteiger partial charge on any atom is 0.0591 e. The van der Waals surface area contributed by atoms with Gasteiger partial charge in [0, 0.05) is 39.3 Å². The van der Waals surface area contributed by atoms with Crippen molar-refractivity contribution in [3.05, 3.63) is 0 Å². The summed E-state index contributed by atoms with van der Waals surface area (Å²) >= 11 is 0. The summed E-state index contributed by atoms with van der Waals surface area (Å²) in [5, 5.41) is 6.51. The van der Waals surface area contributed by atoms with Gasteiger partial charge in [-0.1, -0.05) is 13.3 Å². The molecule has 0 spiro atoms. The van der Waals surface area contributed by atoms with Crippen molar-refractivity contribution in [2.24, 2.45) is 0 Å². The summed E-state index contributed by atoms with van der Waals surface area (Å²) in [7, 11) is 0. The number of nitrogens with one attached hydrogen (secondary N) is 2. The smallest absolute Gasteiger partial charge is 0.0591 e. The van der Waals surface area contributed by atoms with Crippen molar-refractivity contribution in [3.63, 3.8) is 0 Å². The Balaban J connectivity index is 0.000000181. The summed E-state index contributed by atoms with van der Waals surface area (Å²) in [5.74, 6) is 0. The van der Waals surface area contributed by atoms with Gasteiger partial charge in [-0.05, 0) is 13.0 Å². The Morgan fingerprint density at radius 3 is 2.06 bits per heavy atom. The highest BCUT2D eigenvalue weighted by molar-refractivity contribution is 4.66. The topological polar surface area (TPSA) is 36.5 Å². The Kier molecular flexibility index (Phi) is 8.71. The van der Waals surface area contributed by atoms with Crippen LogP contribution in [0, 0.1) is 0 Å². The second kappa shape index (κ2) is 10.0. The Morgan fingerprint density at radius 2 is 1.62 bits per heavy atom. The molecule has 0 saturated carbocycles. The normalized spacial score (nSPS) is 22.3. The van der Waals surface area contributed by atoms with Crippen molar-refractivity contribution in [3.8, 4) is 0 Å². The molecule has 2 heterocycles. The molecule has 2 rings (SSSR count). The number of hydrogen-bond donors (Lipinski definition) is 2. The van der Waals surface area contributed by atoms with Crippen LogP contribution in [-0.4, -0.2) is 63.9 Å². The van der Waals surface area contributed by atoms with Crippen LogP contribution in [0.15, 0.2) is 0 Å². The van der Waals surface area contributed by atoms with Crippen molar-refractivity contribution >= 4 is 0 Å². The first kappa shape index (κ1) is 13.9. The van der Waals surface area contributed by atoms with Crippen molar-refractivity contribution in [1.82, 2.24) is 15.5 Å². The van der Waals surface area contributed by atoms with E-state index in [1.165, 1.54) is 45.6 Å². The van der Waals surface area contributed by atoms with E-state index in [1.807, 2.05) is 0 Å². The summed E-state index contributed by atoms with van der Waals surface area (Å²) in [5.41, 5.74) is 0. The van der Waals surface area contributed by atoms with E-state index in [0.29, 0.717) is 0 Å². The fraction of sp³-hybridized carbons (Fsp3) is 1.00. The fourth-order valence-electron chi connectivity index (χ4n) is 1.83. The van der Waals surface area contributed by atoms with Crippen molar-refractivity contribution in [1.29, 1.82) is 0 Å². The van der Waals surface area contributed by atoms with Gasteiger partial charge in [0.1, 0.15) is 0 Å². The lowest BCUT2D eigenvalue weighted by atomic mass is 10.3. The predicted octanol–water partition coefficient (Wildman–Crippen LogP) is 0.298. The third-order valence-electron chi connectivity index (χ3n) is 2.88. The molecule has 2 saturated heterocycles. The molecule has 0 atom stereocenters. The lowest BCUT2D eigenvalue weighted by Gasteiger charge is -2.26. The van der Waals surface area contributed by atoms with E-state index in [4.69, 9.17) is 4.74 Å². The van der Waals surface area contributed by atoms with Crippen LogP contribution in [0.3, 0.4) is 0 Å². The monoisotopic (exact) mass is 229 g/mol. The van der Waals surface area contributed by atoms with Crippen LogP contribution in [0.25, 0.3) is 0 Å². The SMILES string of the molecule is C1COCCN1.CCCCN1CCNCC1. The highest BCUT2D eigenvalue weighted by Crippen LogP contribution is 1.95. The number of rotatable bonds is 3. The van der Waals surface area contributed by atoms with Gasteiger partial charge in [-0.3, -0.25) is 0 Å². The zero-order valence-electron chi connectivity index (χ0n) is 10.6. The molecule has 2 N–H and O–H groups in total. The van der Waals surface area contributed by atoms with Crippen LogP contribution in [0.2, 0.25) is 0 Å². The van der Waals surface area contributed by atoms with Crippen LogP contribution >= 0.6 is 0 Å². The van der Waals surface area contributed by atoms with Crippen LogP contribution in [0.1, 0.15) is 19.8 Å². The number of morpholine rings is 1. The molecule has 2 aliphatic rings. The van der Waals surface area contributed by atoms with E-state index >= 15 is 0 Å². The van der Waals surface area contributed by atoms with Crippen molar-refractivity contribution < 1.29 is 4.74 Å². The molecule has 0 amide bonds. The molecule has 2 aliphatic heterocycles. The molecular weight excluding hydrogens is 202 g/mol. The van der Waals surface area contributed by atoms with Gasteiger partial charge in [-0.15, -0.1) is 0 Å². The molecule has 0 aromatic rings. The average molecular weight is 229 g/mol. The molecule has 0 aromatic carbocycles. The summed E-state index contributed by atoms with van der Waals surface area (Å²) in [6, 6.07) is 0. The van der Waals surface area contributed by atoms with E-state index in [2.05, 4.69) is 22.5 Å². The number of hydrogen-bond acceptors (Lipinski definition) is 4. The van der Waals surface area contributed by atoms with Crippen LogP contribution < -0.4 is 10.6 Å². The van der Waals surface area contributed by atoms with Gasteiger partial charge in [0.25, 0.3) is 0 Å². The van der Waals surface area contributed by atoms with Crippen LogP contribution in [0.4, 0.5) is 0 Å². The van der Waals surface area contributed by atoms with E-state index in [9.17, 15) is 0 Å². The van der Waals surface area contributed by atoms with Gasteiger partial charge in [0.2, 0.25) is 0 Å². The molecule has 0 aromatic heterocycles. The molecule has 0 radical (unpaired) electrons. The van der Waals surface area contributed by atoms with E-state index in [1.54, 1.807) is 0 Å². The first-order chi connectivity index (χ1) is 7.93. The van der Waals surface area contributed by atoms with Gasteiger partial charge < -0.3 is 20.3 Å². The number of nitrogens with zero attached hydrogens (tertiary/aromatic N) is 1. The minimum absolute atomic E-state index is 0.889. The third-order valence-corrected chi connectivity index (χ3v) is 2.88. The zero-order valence-corrected chi connectivity index (χ0v) is 10.6. The highest BCUT2D eigenvalue weighted by atomic mass is 16.5. The van der Waals surface area contributed by atoms with Gasteiger partial charge in [-0.2, -0.15) is 0 Å². The van der Waals surface area contributed by atoms with E-state index in [0.717, 1.165) is 26.3 Å². The fourth-order valence-corrected chi connectivity index (χ4v) is 1.83. The minimum Gasteiger partial charge on any atom is -0.379 e. The first-order valence-corrected chi connectivity index (χ1v) is 6.65. The van der Waals surface area contributed by atoms with Crippen molar-refractivity contribution in [2.75, 3.05) is 59.0 Å². The number of unbranched alkanes of at least 4 members (excludes halogenated alkanes) is 1. The Labute approximate surface area is 99.7 Å². The van der Waals surface area contributed by atoms with Crippen LogP contribution in [-0.2, 0) is 4.74 Å².